The van der Waals surface area contributed by atoms with Crippen molar-refractivity contribution in [1.82, 2.24) is 29.6 Å². The first-order valence-corrected chi connectivity index (χ1v) is 26.5. The van der Waals surface area contributed by atoms with E-state index in [1.165, 1.54) is 63.4 Å². The van der Waals surface area contributed by atoms with Crippen LogP contribution in [0.4, 0.5) is 10.1 Å². The van der Waals surface area contributed by atoms with E-state index in [0.29, 0.717) is 29.1 Å². The van der Waals surface area contributed by atoms with E-state index in [0.717, 1.165) is 87.1 Å². The van der Waals surface area contributed by atoms with Crippen LogP contribution in [0.15, 0.2) is 59.4 Å². The van der Waals surface area contributed by atoms with Crippen molar-refractivity contribution in [2.24, 2.45) is 18.7 Å². The molecule has 4 atom stereocenters. The lowest BCUT2D eigenvalue weighted by atomic mass is 9.56. The number of nitrogens with zero attached hydrogens (tertiary/aromatic N) is 4. The number of anilines is 1. The Morgan fingerprint density at radius 2 is 1.57 bits per heavy atom. The summed E-state index contributed by atoms with van der Waals surface area (Å²) in [6.07, 6.45) is 15.0. The number of imide groups is 1. The molecule has 1 spiro atoms. The van der Waals surface area contributed by atoms with E-state index in [1.54, 1.807) is 40.4 Å². The van der Waals surface area contributed by atoms with E-state index in [1.807, 2.05) is 32.9 Å². The van der Waals surface area contributed by atoms with E-state index in [-0.39, 0.29) is 29.5 Å². The van der Waals surface area contributed by atoms with E-state index < -0.39 is 46.6 Å². The summed E-state index contributed by atoms with van der Waals surface area (Å²) in [5.74, 6) is -1.51. The summed E-state index contributed by atoms with van der Waals surface area (Å²) >= 11 is 12.4. The number of nitrogens with two attached hydrogens (primary N) is 1. The number of imidazole rings is 1. The number of halogens is 3. The Morgan fingerprint density at radius 3 is 2.22 bits per heavy atom. The molecule has 2 aliphatic carbocycles. The van der Waals surface area contributed by atoms with E-state index in [4.69, 9.17) is 38.8 Å². The van der Waals surface area contributed by atoms with Gasteiger partial charge in [0.25, 0.3) is 6.47 Å². The molecule has 2 saturated carbocycles. The molecule has 4 amide bonds. The molecule has 3 aliphatic heterocycles. The van der Waals surface area contributed by atoms with Crippen LogP contribution in [-0.2, 0) is 42.9 Å². The Morgan fingerprint density at radius 1 is 0.903 bits per heavy atom. The summed E-state index contributed by atoms with van der Waals surface area (Å²) in [6.45, 7) is 12.9. The maximum Gasteiger partial charge on any atom is 0.329 e. The third-order valence-corrected chi connectivity index (χ3v) is 16.3. The fourth-order valence-electron chi connectivity index (χ4n) is 12.3. The average molecular weight is 1040 g/mol. The number of aryl methyl sites for hydroxylation is 2. The summed E-state index contributed by atoms with van der Waals surface area (Å²) in [7, 11) is 1.75. The van der Waals surface area contributed by atoms with Gasteiger partial charge in [-0.05, 0) is 104 Å². The smallest absolute Gasteiger partial charge is 0.329 e. The molecule has 392 valence electrons. The number of nitrogens with one attached hydrogen (secondary N) is 3. The van der Waals surface area contributed by atoms with Crippen molar-refractivity contribution in [3.63, 3.8) is 0 Å². The Labute approximate surface area is 432 Å². The van der Waals surface area contributed by atoms with Crippen molar-refractivity contribution < 1.29 is 33.5 Å². The number of piperazine rings is 1. The van der Waals surface area contributed by atoms with Gasteiger partial charge in [0, 0.05) is 73.8 Å². The van der Waals surface area contributed by atoms with Crippen LogP contribution in [0, 0.1) is 11.7 Å². The second-order valence-corrected chi connectivity index (χ2v) is 20.6. The monoisotopic (exact) mass is 1030 g/mol. The van der Waals surface area contributed by atoms with Gasteiger partial charge in [-0.15, -0.1) is 0 Å². The fourth-order valence-corrected chi connectivity index (χ4v) is 12.6. The summed E-state index contributed by atoms with van der Waals surface area (Å²) < 4.78 is 18.6. The third-order valence-electron chi connectivity index (χ3n) is 15.8. The molecule has 5 aliphatic rings. The molecule has 0 radical (unpaired) electrons. The number of benzene rings is 3. The van der Waals surface area contributed by atoms with Crippen molar-refractivity contribution in [1.29, 1.82) is 0 Å². The zero-order valence-corrected chi connectivity index (χ0v) is 43.7. The molecule has 6 N–H and O–H groups in total. The Bertz CT molecular complexity index is 2590. The molecule has 18 heteroatoms. The Kier molecular flexibility index (Phi) is 20.0. The predicted octanol–water partition coefficient (Wildman–Crippen LogP) is 8.08. The molecule has 72 heavy (non-hydrogen) atoms. The van der Waals surface area contributed by atoms with Crippen LogP contribution in [0.3, 0.4) is 0 Å². The van der Waals surface area contributed by atoms with E-state index >= 15 is 4.39 Å². The standard InChI is InChI=1S/C27H39N5O3.C24H26Cl2FN3O2.C2H6.CH2O2/c1-29-24-18-20(9-10-22(24)32(27(29)35)23-11-12-25(33)28-26(23)34)8-5-13-30-14-16-31(17-15-30)19-21-6-3-2-4-7-21;1-23(16-9-8-14(25)12-18(16)29-13-31)19(15-6-5-7-17(26)20(15)27)21(22(28)32)30-24(23)10-3-2-4-11-24;1-2;2-1-3/h9-10,18,21,23H,2-8,11-17,19H2,1H3,(H,28,33,34);5-9,12-13,19,21,30H,2-4,10-11H2,1H3,(H2,28,32)(H,29,31);1-2H3;1H,(H,2,3)/t;19-,21+,23+;;/m.0../s1. The number of amides is 4. The van der Waals surface area contributed by atoms with Gasteiger partial charge in [-0.1, -0.05) is 107 Å². The number of aromatic nitrogens is 2. The van der Waals surface area contributed by atoms with Crippen LogP contribution in [0.2, 0.25) is 10.0 Å². The first-order valence-electron chi connectivity index (χ1n) is 25.7. The van der Waals surface area contributed by atoms with Crippen LogP contribution in [0.5, 0.6) is 0 Å². The first kappa shape index (κ1) is 56.2. The van der Waals surface area contributed by atoms with Crippen LogP contribution in [0.1, 0.15) is 133 Å². The lowest BCUT2D eigenvalue weighted by Crippen LogP contribution is -2.56. The predicted molar refractivity (Wildman–Crippen MR) is 281 cm³/mol. The Balaban J connectivity index is 0.000000217. The second kappa shape index (κ2) is 25.7. The van der Waals surface area contributed by atoms with Gasteiger partial charge in [0.05, 0.1) is 22.1 Å². The molecule has 4 heterocycles. The molecule has 3 saturated heterocycles. The largest absolute Gasteiger partial charge is 0.483 e. The quantitative estimate of drug-likeness (QED) is 0.0683. The number of primary amides is 1. The molecule has 4 aromatic rings. The zero-order valence-electron chi connectivity index (χ0n) is 42.2. The average Bonchev–Trinajstić information content (AvgIpc) is 3.77. The van der Waals surface area contributed by atoms with Gasteiger partial charge in [0.1, 0.15) is 11.9 Å². The molecule has 9 rings (SSSR count). The molecule has 1 aromatic heterocycles. The molecule has 15 nitrogen and oxygen atoms in total. The SMILES string of the molecule is CC.C[C@@]1(c2ccc(Cl)cc2NC=O)[C@@H](c2cccc(Cl)c2F)[C@H](C(N)=O)NC12CCCCC2.Cn1c(=O)n(C2CCC(=O)NC2=O)c2ccc(CCCN3CCN(CC4CCCCC4)CC3)cc21.O=CO. The lowest BCUT2D eigenvalue weighted by Gasteiger charge is -2.49. The van der Waals surface area contributed by atoms with Crippen LogP contribution >= 0.6 is 23.2 Å². The first-order chi connectivity index (χ1) is 34.7. The van der Waals surface area contributed by atoms with Gasteiger partial charge in [0.2, 0.25) is 24.1 Å². The second-order valence-electron chi connectivity index (χ2n) is 19.8. The number of fused-ring (bicyclic) bond motifs is 1. The van der Waals surface area contributed by atoms with Crippen LogP contribution < -0.4 is 27.4 Å². The van der Waals surface area contributed by atoms with Crippen molar-refractivity contribution in [3.8, 4) is 0 Å². The minimum Gasteiger partial charge on any atom is -0.483 e. The van der Waals surface area contributed by atoms with Gasteiger partial charge >= 0.3 is 5.69 Å². The minimum atomic E-state index is -0.814. The molecule has 1 unspecified atom stereocenters. The van der Waals surface area contributed by atoms with Gasteiger partial charge < -0.3 is 26.0 Å². The molecular weight excluding hydrogens is 963 g/mol. The number of hydrogen-bond acceptors (Lipinski definition) is 9. The van der Waals surface area contributed by atoms with E-state index in [2.05, 4.69) is 37.9 Å². The highest BCUT2D eigenvalue weighted by Gasteiger charge is 2.64. The normalized spacial score (nSPS) is 23.4. The van der Waals surface area contributed by atoms with Gasteiger partial charge in [0.15, 0.2) is 0 Å². The molecule has 5 fully saturated rings. The molecule has 0 bridgehead atoms. The topological polar surface area (TPSA) is 201 Å². The Hall–Kier alpha value is -5.13. The summed E-state index contributed by atoms with van der Waals surface area (Å²) in [5, 5.41) is 16.0. The van der Waals surface area contributed by atoms with Crippen molar-refractivity contribution in [2.75, 3.05) is 44.6 Å². The summed E-state index contributed by atoms with van der Waals surface area (Å²) in [4.78, 5) is 74.6. The van der Waals surface area contributed by atoms with Crippen LogP contribution in [0.25, 0.3) is 11.0 Å². The minimum absolute atomic E-state index is 0.0139. The number of rotatable bonds is 12. The number of carboxylic acid groups (broad SMARTS) is 1. The number of carbonyl (C=O) groups is 5. The molecule has 3 aromatic carbocycles. The fraction of sp³-hybridized carbons (Fsp3) is 0.556. The highest BCUT2D eigenvalue weighted by Crippen LogP contribution is 2.60. The number of piperidine rings is 1. The zero-order chi connectivity index (χ0) is 52.2. The number of carbonyl (C=O) groups excluding carboxylic acids is 4. The lowest BCUT2D eigenvalue weighted by molar-refractivity contribution is -0.135. The maximum atomic E-state index is 15.4. The summed E-state index contributed by atoms with van der Waals surface area (Å²) in [6, 6.07) is 14.8. The van der Waals surface area contributed by atoms with Crippen molar-refractivity contribution >= 4 is 70.5 Å². The summed E-state index contributed by atoms with van der Waals surface area (Å²) in [5.41, 5.74) is 8.77. The van der Waals surface area contributed by atoms with Crippen molar-refractivity contribution in [3.05, 3.63) is 97.6 Å². The van der Waals surface area contributed by atoms with Crippen LogP contribution in [-0.4, -0.2) is 105 Å². The van der Waals surface area contributed by atoms with Gasteiger partial charge in [-0.25, -0.2) is 9.18 Å². The number of hydrogen-bond donors (Lipinski definition) is 5. The maximum absolute atomic E-state index is 15.4. The van der Waals surface area contributed by atoms with Gasteiger partial charge in [-0.2, -0.15) is 0 Å². The van der Waals surface area contributed by atoms with Crippen molar-refractivity contribution in [2.45, 2.75) is 140 Å². The third kappa shape index (κ3) is 12.3. The highest BCUT2D eigenvalue weighted by atomic mass is 35.5. The highest BCUT2D eigenvalue weighted by molar-refractivity contribution is 6.31. The van der Waals surface area contributed by atoms with Gasteiger partial charge in [-0.3, -0.25) is 43.7 Å². The molecular formula is C54H73Cl2FN8O7. The van der Waals surface area contributed by atoms with E-state index in [9.17, 15) is 24.0 Å².